The van der Waals surface area contributed by atoms with Crippen LogP contribution in [0.1, 0.15) is 6.42 Å². The van der Waals surface area contributed by atoms with Gasteiger partial charge >= 0.3 is 0 Å². The van der Waals surface area contributed by atoms with E-state index in [4.69, 9.17) is 15.5 Å². The fourth-order valence-corrected chi connectivity index (χ4v) is 3.01. The Morgan fingerprint density at radius 1 is 0.690 bits per heavy atom. The Balaban J connectivity index is 1.72. The van der Waals surface area contributed by atoms with Gasteiger partial charge in [-0.25, -0.2) is 4.98 Å². The van der Waals surface area contributed by atoms with Gasteiger partial charge < -0.3 is 10.5 Å². The van der Waals surface area contributed by atoms with Crippen LogP contribution in [-0.4, -0.2) is 28.1 Å². The van der Waals surface area contributed by atoms with Gasteiger partial charge in [0, 0.05) is 12.4 Å². The summed E-state index contributed by atoms with van der Waals surface area (Å²) in [5, 5.41) is 0. The highest BCUT2D eigenvalue weighted by Gasteiger charge is 2.10. The van der Waals surface area contributed by atoms with Crippen molar-refractivity contribution in [1.82, 2.24) is 15.0 Å². The quantitative estimate of drug-likeness (QED) is 0.473. The summed E-state index contributed by atoms with van der Waals surface area (Å²) in [6.07, 6.45) is 4.39. The molecule has 0 saturated heterocycles. The zero-order valence-electron chi connectivity index (χ0n) is 16.0. The van der Waals surface area contributed by atoms with Crippen molar-refractivity contribution in [3.63, 3.8) is 0 Å². The van der Waals surface area contributed by atoms with E-state index in [0.29, 0.717) is 13.2 Å². The Bertz CT molecular complexity index is 993. The lowest BCUT2D eigenvalue weighted by Crippen LogP contribution is -2.05. The van der Waals surface area contributed by atoms with Crippen LogP contribution in [0, 0.1) is 0 Å². The Morgan fingerprint density at radius 2 is 1.31 bits per heavy atom. The standard InChI is InChI=1S/C24H22N4O/c25-12-5-15-29-20-10-8-18(9-11-20)19-16-23(21-6-1-3-13-26-21)28-24(17-19)22-7-2-4-14-27-22/h1-4,6-11,13-14,16-17H,5,12,15,25H2. The van der Waals surface area contributed by atoms with Crippen LogP contribution in [0.3, 0.4) is 0 Å². The average Bonchev–Trinajstić information content (AvgIpc) is 2.80. The summed E-state index contributed by atoms with van der Waals surface area (Å²) < 4.78 is 5.71. The lowest BCUT2D eigenvalue weighted by atomic mass is 10.0. The number of rotatable bonds is 7. The smallest absolute Gasteiger partial charge is 0.119 e. The second-order valence-corrected chi connectivity index (χ2v) is 6.57. The van der Waals surface area contributed by atoms with Gasteiger partial charge in [-0.3, -0.25) is 9.97 Å². The van der Waals surface area contributed by atoms with E-state index < -0.39 is 0 Å². The molecule has 0 unspecified atom stereocenters. The molecule has 0 fully saturated rings. The van der Waals surface area contributed by atoms with Crippen LogP contribution in [0.15, 0.2) is 85.2 Å². The second-order valence-electron chi connectivity index (χ2n) is 6.57. The summed E-state index contributed by atoms with van der Waals surface area (Å²) in [7, 11) is 0. The highest BCUT2D eigenvalue weighted by atomic mass is 16.5. The van der Waals surface area contributed by atoms with Crippen LogP contribution < -0.4 is 10.5 Å². The normalized spacial score (nSPS) is 10.7. The van der Waals surface area contributed by atoms with E-state index in [1.165, 1.54) is 0 Å². The molecule has 0 aliphatic rings. The van der Waals surface area contributed by atoms with Gasteiger partial charge in [0.15, 0.2) is 0 Å². The summed E-state index contributed by atoms with van der Waals surface area (Å²) in [5.41, 5.74) is 10.9. The Morgan fingerprint density at radius 3 is 1.83 bits per heavy atom. The number of nitrogens with zero attached hydrogens (tertiary/aromatic N) is 3. The van der Waals surface area contributed by atoms with E-state index in [9.17, 15) is 0 Å². The first kappa shape index (κ1) is 18.8. The second kappa shape index (κ2) is 9.08. The number of ether oxygens (including phenoxy) is 1. The van der Waals surface area contributed by atoms with Gasteiger partial charge in [0.25, 0.3) is 0 Å². The third-order valence-electron chi connectivity index (χ3n) is 4.48. The molecule has 4 rings (SSSR count). The van der Waals surface area contributed by atoms with Gasteiger partial charge in [0.2, 0.25) is 0 Å². The highest BCUT2D eigenvalue weighted by molar-refractivity contribution is 5.74. The fraction of sp³-hybridized carbons (Fsp3) is 0.125. The Hall–Kier alpha value is -3.57. The lowest BCUT2D eigenvalue weighted by Gasteiger charge is -2.10. The summed E-state index contributed by atoms with van der Waals surface area (Å²) in [4.78, 5) is 13.7. The van der Waals surface area contributed by atoms with Crippen molar-refractivity contribution in [2.45, 2.75) is 6.42 Å². The first-order valence-electron chi connectivity index (χ1n) is 9.62. The minimum absolute atomic E-state index is 0.624. The lowest BCUT2D eigenvalue weighted by molar-refractivity contribution is 0.313. The molecule has 2 N–H and O–H groups in total. The Labute approximate surface area is 170 Å². The van der Waals surface area contributed by atoms with E-state index in [-0.39, 0.29) is 0 Å². The molecule has 0 aliphatic heterocycles. The van der Waals surface area contributed by atoms with E-state index >= 15 is 0 Å². The summed E-state index contributed by atoms with van der Waals surface area (Å²) in [5.74, 6) is 0.839. The predicted octanol–water partition coefficient (Wildman–Crippen LogP) is 4.60. The van der Waals surface area contributed by atoms with Gasteiger partial charge in [-0.2, -0.15) is 0 Å². The topological polar surface area (TPSA) is 73.9 Å². The minimum atomic E-state index is 0.624. The Kier molecular flexibility index (Phi) is 5.88. The zero-order valence-corrected chi connectivity index (χ0v) is 16.0. The van der Waals surface area contributed by atoms with Crippen molar-refractivity contribution in [2.24, 2.45) is 5.73 Å². The number of nitrogens with two attached hydrogens (primary N) is 1. The number of pyridine rings is 3. The highest BCUT2D eigenvalue weighted by Crippen LogP contribution is 2.29. The summed E-state index contributed by atoms with van der Waals surface area (Å²) in [6, 6.07) is 23.8. The maximum Gasteiger partial charge on any atom is 0.119 e. The van der Waals surface area contributed by atoms with Crippen molar-refractivity contribution in [1.29, 1.82) is 0 Å². The molecule has 4 aromatic rings. The van der Waals surface area contributed by atoms with E-state index in [2.05, 4.69) is 34.2 Å². The molecular formula is C24H22N4O. The van der Waals surface area contributed by atoms with Gasteiger partial charge in [-0.1, -0.05) is 24.3 Å². The van der Waals surface area contributed by atoms with Gasteiger partial charge in [-0.15, -0.1) is 0 Å². The van der Waals surface area contributed by atoms with Gasteiger partial charge in [0.1, 0.15) is 5.75 Å². The molecule has 0 radical (unpaired) electrons. The fourth-order valence-electron chi connectivity index (χ4n) is 3.01. The van der Waals surface area contributed by atoms with Crippen molar-refractivity contribution in [3.05, 3.63) is 85.2 Å². The molecule has 3 aromatic heterocycles. The van der Waals surface area contributed by atoms with Crippen LogP contribution in [-0.2, 0) is 0 Å². The SMILES string of the molecule is NCCCOc1ccc(-c2cc(-c3ccccn3)nc(-c3ccccn3)c2)cc1. The van der Waals surface area contributed by atoms with Crippen LogP contribution in [0.2, 0.25) is 0 Å². The van der Waals surface area contributed by atoms with Gasteiger partial charge in [0.05, 0.1) is 29.4 Å². The molecule has 1 aromatic carbocycles. The van der Waals surface area contributed by atoms with Crippen LogP contribution in [0.5, 0.6) is 5.75 Å². The van der Waals surface area contributed by atoms with E-state index in [1.807, 2.05) is 48.5 Å². The molecule has 29 heavy (non-hydrogen) atoms. The zero-order chi connectivity index (χ0) is 19.9. The minimum Gasteiger partial charge on any atom is -0.494 e. The molecule has 0 atom stereocenters. The molecule has 0 amide bonds. The average molecular weight is 382 g/mol. The first-order chi connectivity index (χ1) is 14.3. The molecular weight excluding hydrogens is 360 g/mol. The molecule has 3 heterocycles. The van der Waals surface area contributed by atoms with E-state index in [1.54, 1.807) is 12.4 Å². The van der Waals surface area contributed by atoms with E-state index in [0.717, 1.165) is 46.1 Å². The monoisotopic (exact) mass is 382 g/mol. The molecule has 5 nitrogen and oxygen atoms in total. The van der Waals surface area contributed by atoms with Crippen LogP contribution >= 0.6 is 0 Å². The number of hydrogen-bond acceptors (Lipinski definition) is 5. The molecule has 0 aliphatic carbocycles. The molecule has 0 spiro atoms. The van der Waals surface area contributed by atoms with Gasteiger partial charge in [-0.05, 0) is 72.6 Å². The van der Waals surface area contributed by atoms with Crippen molar-refractivity contribution < 1.29 is 4.74 Å². The van der Waals surface area contributed by atoms with Crippen LogP contribution in [0.25, 0.3) is 33.9 Å². The van der Waals surface area contributed by atoms with Crippen molar-refractivity contribution in [3.8, 4) is 39.7 Å². The molecule has 5 heteroatoms. The maximum absolute atomic E-state index is 5.71. The third kappa shape index (κ3) is 4.65. The molecule has 0 bridgehead atoms. The number of aromatic nitrogens is 3. The largest absolute Gasteiger partial charge is 0.494 e. The van der Waals surface area contributed by atoms with Crippen molar-refractivity contribution in [2.75, 3.05) is 13.2 Å². The third-order valence-corrected chi connectivity index (χ3v) is 4.48. The summed E-state index contributed by atoms with van der Waals surface area (Å²) in [6.45, 7) is 1.25. The first-order valence-corrected chi connectivity index (χ1v) is 9.62. The maximum atomic E-state index is 5.71. The summed E-state index contributed by atoms with van der Waals surface area (Å²) >= 11 is 0. The number of benzene rings is 1. The molecule has 0 saturated carbocycles. The predicted molar refractivity (Wildman–Crippen MR) is 115 cm³/mol. The van der Waals surface area contributed by atoms with Crippen LogP contribution in [0.4, 0.5) is 0 Å². The number of hydrogen-bond donors (Lipinski definition) is 1. The molecule has 144 valence electrons. The van der Waals surface area contributed by atoms with Crippen molar-refractivity contribution >= 4 is 0 Å².